The van der Waals surface area contributed by atoms with Crippen molar-refractivity contribution >= 4 is 146 Å². The molecule has 4 atom stereocenters. The van der Waals surface area contributed by atoms with Gasteiger partial charge in [0.1, 0.15) is 98.7 Å². The molecule has 8 aromatic heterocycles. The number of alkyl halides is 1. The molecule has 25 nitrogen and oxygen atoms in total. The highest BCUT2D eigenvalue weighted by Gasteiger charge is 2.50. The van der Waals surface area contributed by atoms with Gasteiger partial charge < -0.3 is 49.2 Å². The van der Waals surface area contributed by atoms with E-state index < -0.39 is 41.6 Å². The SMILES string of the molecule is C=CC(=O)N1CCN(c2ccnc3c(F)c(-c4cc(O)cc5ccccc45)ncc23)C[C@@H]1CC#N.C=CC(=O)N1CCN(c2ccnc3c(F)c(-c4ccccc4C(C)C)ncc23)CC1.O=C(/C=C/CF)N1CC[C@@H]2[C@H]1CN2c1ncnc2c(F)c(-c3cccc4ccc(F)c(Cl)c34)ncc12.[C-]#[N+]C[C@H]1CN(c2nc(C3CC3)nc3c(F)c(-c4cccc5ccc(F)c(Cl)c45)ncc23)CCN1C(=O)C=C. The number of carbonyl (C=O) groups is 4. The molecule has 6 fully saturated rings. The van der Waals surface area contributed by atoms with Crippen LogP contribution in [0.3, 0.4) is 0 Å². The second kappa shape index (κ2) is 40.6. The van der Waals surface area contributed by atoms with Crippen molar-refractivity contribution in [3.8, 4) is 56.8 Å². The number of allylic oxidation sites excluding steroid dienone is 1. The van der Waals surface area contributed by atoms with Gasteiger partial charge in [-0.05, 0) is 113 Å². The van der Waals surface area contributed by atoms with Crippen molar-refractivity contribution < 1.29 is 55.0 Å². The number of halogens is 9. The van der Waals surface area contributed by atoms with E-state index in [-0.39, 0.29) is 122 Å². The molecule has 5 saturated heterocycles. The smallest absolute Gasteiger partial charge is 0.246 e. The van der Waals surface area contributed by atoms with Crippen LogP contribution < -0.4 is 19.6 Å². The number of aromatic nitrogens is 10. The molecule has 4 amide bonds. The zero-order chi connectivity index (χ0) is 98.0. The van der Waals surface area contributed by atoms with E-state index in [9.17, 15) is 42.7 Å². The maximum atomic E-state index is 16.3. The number of nitriles is 1. The second-order valence-electron chi connectivity index (χ2n) is 34.8. The Morgan fingerprint density at radius 1 is 0.507 bits per heavy atom. The number of anilines is 4. The quantitative estimate of drug-likeness (QED) is 0.0504. The molecule has 7 aromatic carbocycles. The minimum atomic E-state index is -0.687. The van der Waals surface area contributed by atoms with E-state index in [0.29, 0.717) is 167 Å². The summed E-state index contributed by atoms with van der Waals surface area (Å²) in [7, 11) is 0. The number of carbonyl (C=O) groups excluding carboxylic acids is 4. The molecular formula is C106H89Cl2F7N20O5. The van der Waals surface area contributed by atoms with Crippen LogP contribution in [0, 0.1) is 52.8 Å². The Morgan fingerprint density at radius 3 is 1.62 bits per heavy atom. The Hall–Kier alpha value is -15.7. The molecule has 0 radical (unpaired) electrons. The number of likely N-dealkylation sites (tertiary alicyclic amines) is 1. The van der Waals surface area contributed by atoms with Crippen LogP contribution in [0.4, 0.5) is 53.7 Å². The Balaban J connectivity index is 0.000000124. The summed E-state index contributed by atoms with van der Waals surface area (Å²) in [5.74, 6) is -2.11. The average molecular weight is 1930 g/mol. The minimum Gasteiger partial charge on any atom is -0.508 e. The summed E-state index contributed by atoms with van der Waals surface area (Å²) in [6, 6.07) is 39.6. The van der Waals surface area contributed by atoms with E-state index in [1.165, 1.54) is 67.3 Å². The van der Waals surface area contributed by atoms with Gasteiger partial charge in [0.25, 0.3) is 0 Å². The highest BCUT2D eigenvalue weighted by Crippen LogP contribution is 2.47. The molecular weight excluding hydrogens is 1840 g/mol. The van der Waals surface area contributed by atoms with Gasteiger partial charge in [-0.2, -0.15) is 5.26 Å². The number of phenolic OH excluding ortho intramolecular Hbond substituents is 1. The topological polar surface area (TPSA) is 271 Å². The number of rotatable bonds is 17. The van der Waals surface area contributed by atoms with Crippen LogP contribution in [-0.4, -0.2) is 214 Å². The van der Waals surface area contributed by atoms with Crippen LogP contribution in [0.5, 0.6) is 5.75 Å². The first-order valence-electron chi connectivity index (χ1n) is 45.5. The van der Waals surface area contributed by atoms with Crippen LogP contribution in [0.15, 0.2) is 227 Å². The number of hydrogen-bond donors (Lipinski definition) is 1. The van der Waals surface area contributed by atoms with Crippen LogP contribution >= 0.6 is 23.2 Å². The molecule has 34 heteroatoms. The number of amides is 4. The fraction of sp³-hybridized carbons (Fsp3) is 0.245. The van der Waals surface area contributed by atoms with E-state index in [1.54, 1.807) is 105 Å². The van der Waals surface area contributed by atoms with Crippen LogP contribution in [0.25, 0.3) is 126 Å². The zero-order valence-electron chi connectivity index (χ0n) is 75.9. The highest BCUT2D eigenvalue weighted by molar-refractivity contribution is 6.37. The van der Waals surface area contributed by atoms with Crippen LogP contribution in [0.2, 0.25) is 10.0 Å². The van der Waals surface area contributed by atoms with Crippen molar-refractivity contribution in [3.05, 3.63) is 295 Å². The van der Waals surface area contributed by atoms with Gasteiger partial charge in [0.2, 0.25) is 30.2 Å². The summed E-state index contributed by atoms with van der Waals surface area (Å²) in [5.41, 5.74) is 5.91. The number of hydrogen-bond acceptors (Lipinski definition) is 20. The number of phenols is 1. The van der Waals surface area contributed by atoms with Crippen molar-refractivity contribution in [3.63, 3.8) is 0 Å². The molecule has 1 saturated carbocycles. The Bertz CT molecular complexity index is 7650. The Kier molecular flexibility index (Phi) is 27.4. The normalized spacial score (nSPS) is 16.9. The molecule has 15 aromatic rings. The van der Waals surface area contributed by atoms with Gasteiger partial charge in [-0.1, -0.05) is 154 Å². The molecule has 706 valence electrons. The number of fused-ring (bicyclic) bond motifs is 8. The largest absolute Gasteiger partial charge is 0.508 e. The minimum absolute atomic E-state index is 0.0171. The van der Waals surface area contributed by atoms with Gasteiger partial charge >= 0.3 is 0 Å². The second-order valence-corrected chi connectivity index (χ2v) is 35.6. The van der Waals surface area contributed by atoms with E-state index in [0.717, 1.165) is 52.5 Å². The summed E-state index contributed by atoms with van der Waals surface area (Å²) < 4.78 is 105. The van der Waals surface area contributed by atoms with Gasteiger partial charge in [0, 0.05) is 183 Å². The summed E-state index contributed by atoms with van der Waals surface area (Å²) in [4.78, 5) is 112. The molecule has 5 aliphatic heterocycles. The molecule has 21 rings (SSSR count). The van der Waals surface area contributed by atoms with E-state index >= 15 is 17.6 Å². The summed E-state index contributed by atoms with van der Waals surface area (Å²) in [6.07, 6.45) is 19.9. The van der Waals surface area contributed by atoms with Gasteiger partial charge in [-0.3, -0.25) is 49.1 Å². The number of nitrogens with zero attached hydrogens (tertiary/aromatic N) is 20. The predicted octanol–water partition coefficient (Wildman–Crippen LogP) is 19.7. The molecule has 6 aliphatic rings. The highest BCUT2D eigenvalue weighted by atomic mass is 35.5. The third-order valence-electron chi connectivity index (χ3n) is 26.4. The lowest BCUT2D eigenvalue weighted by Crippen LogP contribution is -2.63. The molecule has 0 bridgehead atoms. The molecule has 0 unspecified atom stereocenters. The number of aromatic hydroxyl groups is 1. The lowest BCUT2D eigenvalue weighted by molar-refractivity contribution is -0.129. The third kappa shape index (κ3) is 18.2. The summed E-state index contributed by atoms with van der Waals surface area (Å²) >= 11 is 12.6. The molecule has 1 N–H and O–H groups in total. The zero-order valence-corrected chi connectivity index (χ0v) is 77.4. The standard InChI is InChI=1S/C29H23ClF2N6O.C27H22FN5O2.C26H19ClF3N5O.C24H25FN4O/c1-3-22(39)38-12-11-37(15-18(38)13-33-2)29-20-14-34-26(25(32)27(20)35-28(36-29)17-7-8-17)19-6-4-5-16-9-10-21(31)24(30)23(16)19;1-2-24(35)33-12-11-32(16-18(33)7-9-29)23-8-10-30-27-22(23)15-31-26(25(27)28)21-14-19(34)13-17-5-3-4-6-20(17)21;27-22-17(29)7-6-14-3-1-4-15(21(14)22)24-23(30)25-16(11-31-24)26(33-13-32-25)35-12-19-18(35)8-10-34(19)20(36)5-2-9-28;1-4-21(30)29-13-11-28(12-14-29)20-9-10-26-24-19(20)15-27-23(22(24)25)18-8-6-5-7-17(18)16(2)3/h3-6,9-10,14,17-18H,1,7-8,11-13,15H2;2-6,8,10,13-15,18,34H,1,7,11-12,16H2;1-7,11,13,18-19H,8-10,12H2;4-10,15-16H,1,11-14H2,2-3H3/b;;5-2+;/t2*18-;18-,19-;/m001./s1. The third-order valence-corrected chi connectivity index (χ3v) is 27.2. The Labute approximate surface area is 809 Å². The maximum Gasteiger partial charge on any atom is 0.246 e. The predicted molar refractivity (Wildman–Crippen MR) is 528 cm³/mol. The van der Waals surface area contributed by atoms with E-state index in [1.807, 2.05) is 69.3 Å². The van der Waals surface area contributed by atoms with Crippen molar-refractivity contribution in [1.29, 1.82) is 5.26 Å². The Morgan fingerprint density at radius 2 is 1.03 bits per heavy atom. The summed E-state index contributed by atoms with van der Waals surface area (Å²) in [5, 5.41) is 25.0. The van der Waals surface area contributed by atoms with Crippen molar-refractivity contribution in [2.45, 2.75) is 75.5 Å². The first-order chi connectivity index (χ1) is 67.9. The molecule has 13 heterocycles. The molecule has 140 heavy (non-hydrogen) atoms. The first-order valence-corrected chi connectivity index (χ1v) is 46.3. The lowest BCUT2D eigenvalue weighted by atomic mass is 9.94. The van der Waals surface area contributed by atoms with Crippen molar-refractivity contribution in [2.24, 2.45) is 0 Å². The average Bonchev–Trinajstić information content (AvgIpc) is 1.23. The van der Waals surface area contributed by atoms with E-state index in [2.05, 4.69) is 94.3 Å². The van der Waals surface area contributed by atoms with Gasteiger partial charge in [-0.25, -0.2) is 57.2 Å². The lowest BCUT2D eigenvalue weighted by Gasteiger charge is -2.47. The fourth-order valence-corrected chi connectivity index (χ4v) is 19.9. The fourth-order valence-electron chi connectivity index (χ4n) is 19.3. The van der Waals surface area contributed by atoms with Crippen molar-refractivity contribution in [2.75, 3.05) is 111 Å². The van der Waals surface area contributed by atoms with Gasteiger partial charge in [0.15, 0.2) is 23.3 Å². The molecule has 1 aliphatic carbocycles. The monoisotopic (exact) mass is 1920 g/mol. The first kappa shape index (κ1) is 94.7. The maximum absolute atomic E-state index is 16.3. The number of benzene rings is 7. The van der Waals surface area contributed by atoms with E-state index in [4.69, 9.17) is 34.8 Å². The summed E-state index contributed by atoms with van der Waals surface area (Å²) in [6.45, 7) is 27.8. The van der Waals surface area contributed by atoms with Gasteiger partial charge in [-0.15, -0.1) is 0 Å². The number of pyridine rings is 6. The van der Waals surface area contributed by atoms with Gasteiger partial charge in [0.05, 0.1) is 51.4 Å². The number of piperazine rings is 3. The van der Waals surface area contributed by atoms with Crippen molar-refractivity contribution in [1.82, 2.24) is 69.4 Å². The molecule has 0 spiro atoms. The van der Waals surface area contributed by atoms with Crippen LogP contribution in [0.1, 0.15) is 62.8 Å². The van der Waals surface area contributed by atoms with Crippen LogP contribution in [-0.2, 0) is 19.2 Å².